The molecule has 0 unspecified atom stereocenters. The third kappa shape index (κ3) is 3.07. The molecule has 0 fully saturated rings. The van der Waals surface area contributed by atoms with Gasteiger partial charge in [0.15, 0.2) is 11.4 Å². The Balaban J connectivity index is 2.44. The van der Waals surface area contributed by atoms with Gasteiger partial charge in [0.25, 0.3) is 0 Å². The van der Waals surface area contributed by atoms with Gasteiger partial charge in [-0.25, -0.2) is 4.99 Å². The molecule has 0 saturated heterocycles. The monoisotopic (exact) mass is 288 g/mol. The second-order valence-electron chi connectivity index (χ2n) is 3.58. The number of benzene rings is 1. The van der Waals surface area contributed by atoms with Crippen molar-refractivity contribution < 1.29 is 4.74 Å². The second-order valence-corrected chi connectivity index (χ2v) is 4.38. The lowest BCUT2D eigenvalue weighted by Gasteiger charge is -2.08. The average molecular weight is 288 g/mol. The van der Waals surface area contributed by atoms with Gasteiger partial charge < -0.3 is 4.74 Å². The first-order valence-electron chi connectivity index (χ1n) is 5.59. The first-order chi connectivity index (χ1) is 9.78. The molecule has 20 heavy (non-hydrogen) atoms. The van der Waals surface area contributed by atoms with Crippen LogP contribution in [0.3, 0.4) is 0 Å². The van der Waals surface area contributed by atoms with Crippen LogP contribution < -0.4 is 10.1 Å². The summed E-state index contributed by atoms with van der Waals surface area (Å²) in [5.41, 5.74) is 1.47. The average Bonchev–Trinajstić information content (AvgIpc) is 3.01. The molecule has 0 aliphatic carbocycles. The molecule has 0 aliphatic rings. The van der Waals surface area contributed by atoms with E-state index in [0.29, 0.717) is 16.6 Å². The van der Waals surface area contributed by atoms with Crippen LogP contribution in [0.25, 0.3) is 5.69 Å². The second kappa shape index (κ2) is 6.58. The quantitative estimate of drug-likeness (QED) is 0.400. The largest absolute Gasteiger partial charge is 0.494 e. The lowest BCUT2D eigenvalue weighted by Crippen LogP contribution is -2.12. The number of thioether (sulfide) groups is 1. The van der Waals surface area contributed by atoms with Gasteiger partial charge in [-0.3, -0.25) is 9.88 Å². The number of aliphatic imine (C=N–C) groups is 1. The summed E-state index contributed by atoms with van der Waals surface area (Å²) in [5, 5.41) is 19.2. The zero-order chi connectivity index (χ0) is 14.4. The third-order valence-electron chi connectivity index (χ3n) is 2.46. The number of nitriles is 1. The van der Waals surface area contributed by atoms with Gasteiger partial charge >= 0.3 is 0 Å². The van der Waals surface area contributed by atoms with E-state index in [9.17, 15) is 0 Å². The van der Waals surface area contributed by atoms with Crippen LogP contribution in [0.4, 0.5) is 5.69 Å². The molecule has 1 aromatic heterocycles. The van der Waals surface area contributed by atoms with Crippen LogP contribution in [0.5, 0.6) is 5.75 Å². The molecule has 0 aliphatic heterocycles. The van der Waals surface area contributed by atoms with E-state index in [1.165, 1.54) is 11.8 Å². The van der Waals surface area contributed by atoms with E-state index in [0.717, 1.165) is 5.69 Å². The van der Waals surface area contributed by atoms with Gasteiger partial charge in [0, 0.05) is 0 Å². The van der Waals surface area contributed by atoms with Gasteiger partial charge in [0.1, 0.15) is 24.1 Å². The van der Waals surface area contributed by atoms with Gasteiger partial charge in [-0.15, -0.1) is 10.2 Å². The Hall–Kier alpha value is -2.53. The van der Waals surface area contributed by atoms with Crippen molar-refractivity contribution >= 4 is 22.6 Å². The Labute approximate surface area is 120 Å². The van der Waals surface area contributed by atoms with E-state index in [4.69, 9.17) is 10.00 Å². The lowest BCUT2D eigenvalue weighted by molar-refractivity contribution is 0.416. The van der Waals surface area contributed by atoms with Gasteiger partial charge in [-0.2, -0.15) is 5.26 Å². The van der Waals surface area contributed by atoms with Gasteiger partial charge in [0.2, 0.25) is 0 Å². The number of amidine groups is 1. The molecule has 8 heteroatoms. The fourth-order valence-corrected chi connectivity index (χ4v) is 1.88. The molecule has 7 nitrogen and oxygen atoms in total. The predicted octanol–water partition coefficient (Wildman–Crippen LogP) is 1.70. The van der Waals surface area contributed by atoms with Crippen LogP contribution >= 0.6 is 11.8 Å². The first kappa shape index (κ1) is 13.9. The maximum atomic E-state index is 8.67. The molecule has 0 bridgehead atoms. The highest BCUT2D eigenvalue weighted by molar-refractivity contribution is 8.13. The van der Waals surface area contributed by atoms with Crippen LogP contribution in [-0.4, -0.2) is 33.3 Å². The van der Waals surface area contributed by atoms with Crippen LogP contribution in [0.15, 0.2) is 35.8 Å². The normalized spacial score (nSPS) is 10.9. The molecule has 0 spiro atoms. The standard InChI is InChI=1S/C12H12N6OS/c1-19-11-4-3-9(18-7-15-16-8-18)5-10(11)17-12(20-2)14-6-13/h3-5,7-8H,1-2H3,(H,14,17). The van der Waals surface area contributed by atoms with Crippen molar-refractivity contribution in [3.05, 3.63) is 30.9 Å². The molecule has 2 rings (SSSR count). The smallest absolute Gasteiger partial charge is 0.183 e. The molecule has 1 N–H and O–H groups in total. The van der Waals surface area contributed by atoms with Crippen LogP contribution in [0, 0.1) is 11.5 Å². The van der Waals surface area contributed by atoms with Gasteiger partial charge in [0.05, 0.1) is 12.8 Å². The van der Waals surface area contributed by atoms with Crippen LogP contribution in [-0.2, 0) is 0 Å². The number of aromatic nitrogens is 3. The minimum absolute atomic E-state index is 0.492. The molecule has 0 atom stereocenters. The Kier molecular flexibility index (Phi) is 4.57. The number of nitrogens with zero attached hydrogens (tertiary/aromatic N) is 5. The molecular weight excluding hydrogens is 276 g/mol. The fourth-order valence-electron chi connectivity index (χ4n) is 1.54. The third-order valence-corrected chi connectivity index (χ3v) is 3.04. The number of nitrogens with one attached hydrogen (secondary N) is 1. The van der Waals surface area contributed by atoms with Gasteiger partial charge in [-0.05, 0) is 24.5 Å². The fraction of sp³-hybridized carbons (Fsp3) is 0.167. The summed E-state index contributed by atoms with van der Waals surface area (Å²) >= 11 is 1.34. The number of ether oxygens (including phenoxy) is 1. The van der Waals surface area contributed by atoms with E-state index < -0.39 is 0 Å². The minimum Gasteiger partial charge on any atom is -0.494 e. The van der Waals surface area contributed by atoms with Crippen molar-refractivity contribution in [3.63, 3.8) is 0 Å². The Morgan fingerprint density at radius 3 is 2.80 bits per heavy atom. The summed E-state index contributed by atoms with van der Waals surface area (Å²) in [4.78, 5) is 4.38. The van der Waals surface area contributed by atoms with E-state index in [-0.39, 0.29) is 0 Å². The molecule has 0 amide bonds. The predicted molar refractivity (Wildman–Crippen MR) is 77.3 cm³/mol. The molecule has 102 valence electrons. The zero-order valence-corrected chi connectivity index (χ0v) is 11.8. The van der Waals surface area contributed by atoms with Crippen molar-refractivity contribution in [1.29, 1.82) is 5.26 Å². The number of methoxy groups -OCH3 is 1. The van der Waals surface area contributed by atoms with Crippen molar-refractivity contribution in [2.45, 2.75) is 0 Å². The molecule has 2 aromatic rings. The van der Waals surface area contributed by atoms with Crippen molar-refractivity contribution in [1.82, 2.24) is 20.1 Å². The first-order valence-corrected chi connectivity index (χ1v) is 6.81. The summed E-state index contributed by atoms with van der Waals surface area (Å²) in [6, 6.07) is 5.51. The summed E-state index contributed by atoms with van der Waals surface area (Å²) in [5.74, 6) is 0.619. The summed E-state index contributed by atoms with van der Waals surface area (Å²) in [6.07, 6.45) is 6.87. The molecule has 0 radical (unpaired) electrons. The number of hydrogen-bond donors (Lipinski definition) is 1. The minimum atomic E-state index is 0.492. The highest BCUT2D eigenvalue weighted by atomic mass is 32.2. The van der Waals surface area contributed by atoms with E-state index in [1.54, 1.807) is 30.4 Å². The maximum absolute atomic E-state index is 8.67. The maximum Gasteiger partial charge on any atom is 0.183 e. The Morgan fingerprint density at radius 1 is 1.45 bits per heavy atom. The van der Waals surface area contributed by atoms with Crippen LogP contribution in [0.2, 0.25) is 0 Å². The van der Waals surface area contributed by atoms with E-state index in [2.05, 4.69) is 20.5 Å². The lowest BCUT2D eigenvalue weighted by atomic mass is 10.2. The van der Waals surface area contributed by atoms with E-state index in [1.807, 2.05) is 24.6 Å². The van der Waals surface area contributed by atoms with Crippen molar-refractivity contribution in [2.24, 2.45) is 4.99 Å². The summed E-state index contributed by atoms with van der Waals surface area (Å²) in [7, 11) is 1.57. The molecular formula is C12H12N6OS. The highest BCUT2D eigenvalue weighted by Crippen LogP contribution is 2.30. The Bertz CT molecular complexity index is 646. The van der Waals surface area contributed by atoms with Crippen molar-refractivity contribution in [3.8, 4) is 17.6 Å². The highest BCUT2D eigenvalue weighted by Gasteiger charge is 2.07. The Morgan fingerprint density at radius 2 is 2.20 bits per heavy atom. The SMILES string of the molecule is COc1ccc(-n2cnnc2)cc1N=C(NC#N)SC. The topological polar surface area (TPSA) is 88.1 Å². The van der Waals surface area contributed by atoms with Gasteiger partial charge in [-0.1, -0.05) is 11.8 Å². The molecule has 1 aromatic carbocycles. The number of rotatable bonds is 3. The summed E-state index contributed by atoms with van der Waals surface area (Å²) in [6.45, 7) is 0. The molecule has 1 heterocycles. The van der Waals surface area contributed by atoms with Crippen molar-refractivity contribution in [2.75, 3.05) is 13.4 Å². The van der Waals surface area contributed by atoms with E-state index >= 15 is 0 Å². The zero-order valence-electron chi connectivity index (χ0n) is 10.9. The molecule has 0 saturated carbocycles. The van der Waals surface area contributed by atoms with Crippen LogP contribution in [0.1, 0.15) is 0 Å². The summed E-state index contributed by atoms with van der Waals surface area (Å²) < 4.78 is 7.03. The number of hydrogen-bond acceptors (Lipinski definition) is 6.